The minimum Gasteiger partial charge on any atom is -0.481 e. The maximum atomic E-state index is 13.4. The number of carboxylic acids is 1. The molecule has 2 atom stereocenters. The highest BCUT2D eigenvalue weighted by atomic mass is 19.1. The largest absolute Gasteiger partial charge is 0.481 e. The van der Waals surface area contributed by atoms with E-state index < -0.39 is 12.1 Å². The van der Waals surface area contributed by atoms with E-state index in [9.17, 15) is 9.18 Å². The lowest BCUT2D eigenvalue weighted by atomic mass is 9.81. The van der Waals surface area contributed by atoms with E-state index in [-0.39, 0.29) is 18.3 Å². The molecule has 15 heavy (non-hydrogen) atoms. The fourth-order valence-electron chi connectivity index (χ4n) is 2.64. The van der Waals surface area contributed by atoms with Crippen LogP contribution in [0.1, 0.15) is 51.9 Å². The number of hydrogen-bond acceptors (Lipinski definition) is 1. The molecule has 0 saturated heterocycles. The second-order valence-corrected chi connectivity index (χ2v) is 4.69. The molecule has 1 aliphatic carbocycles. The molecule has 3 heteroatoms. The monoisotopic (exact) mass is 216 g/mol. The van der Waals surface area contributed by atoms with Gasteiger partial charge in [0.2, 0.25) is 0 Å². The summed E-state index contributed by atoms with van der Waals surface area (Å²) < 4.78 is 13.4. The highest BCUT2D eigenvalue weighted by molar-refractivity contribution is 5.67. The predicted molar refractivity (Wildman–Crippen MR) is 57.5 cm³/mol. The van der Waals surface area contributed by atoms with Crippen molar-refractivity contribution in [1.29, 1.82) is 0 Å². The Hall–Kier alpha value is -0.600. The Kier molecular flexibility index (Phi) is 5.06. The Morgan fingerprint density at radius 2 is 1.87 bits per heavy atom. The minimum atomic E-state index is -0.996. The first-order valence-corrected chi connectivity index (χ1v) is 5.97. The van der Waals surface area contributed by atoms with Gasteiger partial charge in [-0.3, -0.25) is 4.79 Å². The Morgan fingerprint density at radius 3 is 2.27 bits per heavy atom. The third-order valence-corrected chi connectivity index (χ3v) is 3.51. The van der Waals surface area contributed by atoms with Gasteiger partial charge in [0.1, 0.15) is 6.17 Å². The van der Waals surface area contributed by atoms with Gasteiger partial charge in [0, 0.05) is 5.92 Å². The van der Waals surface area contributed by atoms with E-state index in [2.05, 4.69) is 0 Å². The van der Waals surface area contributed by atoms with Crippen LogP contribution in [0.4, 0.5) is 4.39 Å². The summed E-state index contributed by atoms with van der Waals surface area (Å²) >= 11 is 0. The van der Waals surface area contributed by atoms with Crippen molar-refractivity contribution in [3.8, 4) is 0 Å². The number of halogens is 1. The molecule has 0 spiro atoms. The smallest absolute Gasteiger partial charge is 0.303 e. The Bertz CT molecular complexity index is 196. The van der Waals surface area contributed by atoms with Crippen molar-refractivity contribution in [3.63, 3.8) is 0 Å². The summed E-state index contributed by atoms with van der Waals surface area (Å²) in [6.45, 7) is 1.50. The number of rotatable bonds is 4. The fourth-order valence-corrected chi connectivity index (χ4v) is 2.64. The van der Waals surface area contributed by atoms with Crippen LogP contribution in [0.5, 0.6) is 0 Å². The minimum absolute atomic E-state index is 0.0116. The number of alkyl halides is 1. The van der Waals surface area contributed by atoms with Crippen LogP contribution in [0.2, 0.25) is 0 Å². The van der Waals surface area contributed by atoms with Crippen molar-refractivity contribution >= 4 is 5.97 Å². The average Bonchev–Trinajstić information content (AvgIpc) is 2.41. The molecule has 2 nitrogen and oxygen atoms in total. The van der Waals surface area contributed by atoms with Crippen LogP contribution >= 0.6 is 0 Å². The molecular weight excluding hydrogens is 195 g/mol. The molecule has 88 valence electrons. The van der Waals surface area contributed by atoms with Crippen LogP contribution in [0.25, 0.3) is 0 Å². The molecule has 0 amide bonds. The highest BCUT2D eigenvalue weighted by Gasteiger charge is 2.29. The zero-order valence-electron chi connectivity index (χ0n) is 9.42. The van der Waals surface area contributed by atoms with Gasteiger partial charge in [-0.15, -0.1) is 0 Å². The van der Waals surface area contributed by atoms with Crippen molar-refractivity contribution in [2.75, 3.05) is 0 Å². The van der Waals surface area contributed by atoms with E-state index in [1.54, 1.807) is 0 Å². The average molecular weight is 216 g/mol. The zero-order chi connectivity index (χ0) is 11.3. The van der Waals surface area contributed by atoms with Crippen molar-refractivity contribution in [2.24, 2.45) is 11.8 Å². The SMILES string of the molecule is CC(F)C(CC(=O)O)C1CCCCCC1. The topological polar surface area (TPSA) is 37.3 Å². The molecular formula is C12H21FO2. The maximum Gasteiger partial charge on any atom is 0.303 e. The summed E-state index contributed by atoms with van der Waals surface area (Å²) in [5.74, 6) is -0.863. The molecule has 0 bridgehead atoms. The van der Waals surface area contributed by atoms with E-state index in [0.29, 0.717) is 0 Å². The van der Waals surface area contributed by atoms with E-state index >= 15 is 0 Å². The second-order valence-electron chi connectivity index (χ2n) is 4.69. The first-order chi connectivity index (χ1) is 7.11. The van der Waals surface area contributed by atoms with Gasteiger partial charge in [-0.25, -0.2) is 4.39 Å². The first-order valence-electron chi connectivity index (χ1n) is 5.97. The summed E-state index contributed by atoms with van der Waals surface area (Å²) in [7, 11) is 0. The van der Waals surface area contributed by atoms with Crippen molar-refractivity contribution < 1.29 is 14.3 Å². The van der Waals surface area contributed by atoms with Gasteiger partial charge >= 0.3 is 5.97 Å². The Labute approximate surface area is 90.9 Å². The van der Waals surface area contributed by atoms with E-state index in [1.165, 1.54) is 19.8 Å². The quantitative estimate of drug-likeness (QED) is 0.731. The molecule has 1 aliphatic rings. The molecule has 0 radical (unpaired) electrons. The maximum absolute atomic E-state index is 13.4. The standard InChI is InChI=1S/C12H21FO2/c1-9(13)11(8-12(14)15)10-6-4-2-3-5-7-10/h9-11H,2-8H2,1H3,(H,14,15). The third-order valence-electron chi connectivity index (χ3n) is 3.51. The van der Waals surface area contributed by atoms with Crippen LogP contribution in [0.3, 0.4) is 0 Å². The summed E-state index contributed by atoms with van der Waals surface area (Å²) in [5, 5.41) is 8.77. The highest BCUT2D eigenvalue weighted by Crippen LogP contribution is 2.33. The molecule has 0 aromatic carbocycles. The van der Waals surface area contributed by atoms with Crippen molar-refractivity contribution in [3.05, 3.63) is 0 Å². The number of carbonyl (C=O) groups is 1. The Morgan fingerprint density at radius 1 is 1.33 bits per heavy atom. The summed E-state index contributed by atoms with van der Waals surface area (Å²) in [6.07, 6.45) is 5.71. The molecule has 1 fully saturated rings. The van der Waals surface area contributed by atoms with Gasteiger partial charge in [-0.05, 0) is 12.8 Å². The number of carboxylic acid groups (broad SMARTS) is 1. The lowest BCUT2D eigenvalue weighted by Crippen LogP contribution is -2.25. The van der Waals surface area contributed by atoms with Crippen LogP contribution in [-0.2, 0) is 4.79 Å². The summed E-state index contributed by atoms with van der Waals surface area (Å²) in [6, 6.07) is 0. The van der Waals surface area contributed by atoms with Crippen LogP contribution < -0.4 is 0 Å². The fraction of sp³-hybridized carbons (Fsp3) is 0.917. The van der Waals surface area contributed by atoms with Gasteiger partial charge in [0.25, 0.3) is 0 Å². The number of aliphatic carboxylic acids is 1. The van der Waals surface area contributed by atoms with Gasteiger partial charge in [0.05, 0.1) is 6.42 Å². The number of hydrogen-bond donors (Lipinski definition) is 1. The Balaban J connectivity index is 2.55. The third kappa shape index (κ3) is 4.18. The van der Waals surface area contributed by atoms with E-state index in [4.69, 9.17) is 5.11 Å². The van der Waals surface area contributed by atoms with Crippen LogP contribution in [-0.4, -0.2) is 17.2 Å². The van der Waals surface area contributed by atoms with E-state index in [0.717, 1.165) is 25.7 Å². The van der Waals surface area contributed by atoms with Gasteiger partial charge in [0.15, 0.2) is 0 Å². The molecule has 0 aliphatic heterocycles. The summed E-state index contributed by atoms with van der Waals surface area (Å²) in [4.78, 5) is 10.7. The van der Waals surface area contributed by atoms with Crippen molar-refractivity contribution in [1.82, 2.24) is 0 Å². The van der Waals surface area contributed by atoms with Gasteiger partial charge in [-0.1, -0.05) is 38.5 Å². The summed E-state index contributed by atoms with van der Waals surface area (Å²) in [5.41, 5.74) is 0. The van der Waals surface area contributed by atoms with Gasteiger partial charge < -0.3 is 5.11 Å². The molecule has 0 heterocycles. The molecule has 0 aromatic rings. The van der Waals surface area contributed by atoms with Crippen molar-refractivity contribution in [2.45, 2.75) is 58.0 Å². The predicted octanol–water partition coefficient (Wildman–Crippen LogP) is 3.41. The van der Waals surface area contributed by atoms with E-state index in [1.807, 2.05) is 0 Å². The zero-order valence-corrected chi connectivity index (χ0v) is 9.42. The lowest BCUT2D eigenvalue weighted by molar-refractivity contribution is -0.139. The molecule has 0 aromatic heterocycles. The van der Waals surface area contributed by atoms with Crippen LogP contribution in [0, 0.1) is 11.8 Å². The normalized spacial score (nSPS) is 23.1. The molecule has 2 unspecified atom stereocenters. The van der Waals surface area contributed by atoms with Gasteiger partial charge in [-0.2, -0.15) is 0 Å². The molecule has 1 N–H and O–H groups in total. The van der Waals surface area contributed by atoms with Crippen LogP contribution in [0.15, 0.2) is 0 Å². The molecule has 1 rings (SSSR count). The molecule has 1 saturated carbocycles. The first kappa shape index (κ1) is 12.5. The second kappa shape index (κ2) is 6.09. The lowest BCUT2D eigenvalue weighted by Gasteiger charge is -2.25.